The second kappa shape index (κ2) is 9.15. The predicted octanol–water partition coefficient (Wildman–Crippen LogP) is 4.29. The number of para-hydroxylation sites is 2. The molecular formula is C19H18O6S. The molecule has 2 atom stereocenters. The summed E-state index contributed by atoms with van der Waals surface area (Å²) in [6.07, 6.45) is -0.645. The topological polar surface area (TPSA) is 71.1 Å². The molecule has 1 fully saturated rings. The SMILES string of the molecule is O=C(OC[C@@H]1C[C@H](COC(=O)Oc2ccccc2)S1)Oc1ccccc1. The van der Waals surface area contributed by atoms with Crippen molar-refractivity contribution >= 4 is 24.1 Å². The van der Waals surface area contributed by atoms with Gasteiger partial charge in [-0.05, 0) is 30.7 Å². The molecule has 0 aromatic heterocycles. The maximum Gasteiger partial charge on any atom is 0.513 e. The Kier molecular flexibility index (Phi) is 6.38. The van der Waals surface area contributed by atoms with Crippen molar-refractivity contribution in [2.75, 3.05) is 13.2 Å². The Labute approximate surface area is 155 Å². The van der Waals surface area contributed by atoms with E-state index in [-0.39, 0.29) is 23.7 Å². The Morgan fingerprint density at radius 3 is 1.54 bits per heavy atom. The number of carbonyl (C=O) groups excluding carboxylic acids is 2. The number of thioether (sulfide) groups is 1. The minimum absolute atomic E-state index is 0.178. The van der Waals surface area contributed by atoms with Gasteiger partial charge in [-0.1, -0.05) is 36.4 Å². The summed E-state index contributed by atoms with van der Waals surface area (Å²) < 4.78 is 20.3. The van der Waals surface area contributed by atoms with E-state index in [1.165, 1.54) is 0 Å². The van der Waals surface area contributed by atoms with E-state index in [0.29, 0.717) is 11.5 Å². The summed E-state index contributed by atoms with van der Waals surface area (Å²) in [5.41, 5.74) is 0. The van der Waals surface area contributed by atoms with Gasteiger partial charge in [0, 0.05) is 10.5 Å². The molecular weight excluding hydrogens is 356 g/mol. The molecule has 3 rings (SSSR count). The Morgan fingerprint density at radius 2 is 1.15 bits per heavy atom. The number of ether oxygens (including phenoxy) is 4. The number of hydrogen-bond acceptors (Lipinski definition) is 7. The van der Waals surface area contributed by atoms with Crippen LogP contribution in [0, 0.1) is 0 Å². The van der Waals surface area contributed by atoms with Crippen LogP contribution in [0.5, 0.6) is 11.5 Å². The summed E-state index contributed by atoms with van der Waals surface area (Å²) in [5, 5.41) is 0.356. The summed E-state index contributed by atoms with van der Waals surface area (Å²) in [7, 11) is 0. The third-order valence-electron chi connectivity index (χ3n) is 3.57. The van der Waals surface area contributed by atoms with Gasteiger partial charge in [-0.2, -0.15) is 0 Å². The summed E-state index contributed by atoms with van der Waals surface area (Å²) in [6.45, 7) is 0.530. The highest BCUT2D eigenvalue weighted by Crippen LogP contribution is 2.36. The maximum atomic E-state index is 11.6. The summed E-state index contributed by atoms with van der Waals surface area (Å²) in [6, 6.07) is 17.5. The molecule has 1 heterocycles. The van der Waals surface area contributed by atoms with E-state index in [4.69, 9.17) is 18.9 Å². The zero-order valence-electron chi connectivity index (χ0n) is 13.9. The van der Waals surface area contributed by atoms with E-state index in [0.717, 1.165) is 6.42 Å². The van der Waals surface area contributed by atoms with Crippen LogP contribution in [0.1, 0.15) is 6.42 Å². The van der Waals surface area contributed by atoms with Gasteiger partial charge in [0.05, 0.1) is 0 Å². The van der Waals surface area contributed by atoms with E-state index in [1.807, 2.05) is 12.1 Å². The predicted molar refractivity (Wildman–Crippen MR) is 96.6 cm³/mol. The quantitative estimate of drug-likeness (QED) is 0.552. The van der Waals surface area contributed by atoms with Gasteiger partial charge in [-0.3, -0.25) is 0 Å². The lowest BCUT2D eigenvalue weighted by Crippen LogP contribution is -2.35. The van der Waals surface area contributed by atoms with Gasteiger partial charge in [0.2, 0.25) is 0 Å². The first-order valence-electron chi connectivity index (χ1n) is 8.14. The van der Waals surface area contributed by atoms with E-state index < -0.39 is 12.3 Å². The van der Waals surface area contributed by atoms with Crippen molar-refractivity contribution in [1.82, 2.24) is 0 Å². The van der Waals surface area contributed by atoms with Crippen molar-refractivity contribution in [1.29, 1.82) is 0 Å². The first-order valence-corrected chi connectivity index (χ1v) is 9.08. The highest BCUT2D eigenvalue weighted by Gasteiger charge is 2.32. The molecule has 0 N–H and O–H groups in total. The van der Waals surface area contributed by atoms with Crippen LogP contribution in [0.25, 0.3) is 0 Å². The third-order valence-corrected chi connectivity index (χ3v) is 5.00. The second-order valence-corrected chi connectivity index (χ2v) is 7.17. The lowest BCUT2D eigenvalue weighted by atomic mass is 10.2. The zero-order valence-corrected chi connectivity index (χ0v) is 14.7. The largest absolute Gasteiger partial charge is 0.513 e. The summed E-state index contributed by atoms with van der Waals surface area (Å²) in [5.74, 6) is 0.893. The van der Waals surface area contributed by atoms with E-state index in [2.05, 4.69) is 0 Å². The maximum absolute atomic E-state index is 11.6. The van der Waals surface area contributed by atoms with Crippen LogP contribution in [0.15, 0.2) is 60.7 Å². The first kappa shape index (κ1) is 18.1. The van der Waals surface area contributed by atoms with Crippen molar-refractivity contribution in [2.45, 2.75) is 16.9 Å². The minimum Gasteiger partial charge on any atom is -0.433 e. The smallest absolute Gasteiger partial charge is 0.433 e. The molecule has 136 valence electrons. The van der Waals surface area contributed by atoms with Gasteiger partial charge < -0.3 is 18.9 Å². The van der Waals surface area contributed by atoms with Gasteiger partial charge >= 0.3 is 12.3 Å². The number of benzene rings is 2. The second-order valence-electron chi connectivity index (χ2n) is 5.57. The van der Waals surface area contributed by atoms with Crippen LogP contribution in [0.3, 0.4) is 0 Å². The molecule has 1 aliphatic heterocycles. The van der Waals surface area contributed by atoms with Gasteiger partial charge in [0.15, 0.2) is 0 Å². The van der Waals surface area contributed by atoms with Crippen molar-refractivity contribution in [2.24, 2.45) is 0 Å². The highest BCUT2D eigenvalue weighted by atomic mass is 32.2. The monoisotopic (exact) mass is 374 g/mol. The number of hydrogen-bond donors (Lipinski definition) is 0. The Bertz CT molecular complexity index is 654. The molecule has 26 heavy (non-hydrogen) atoms. The molecule has 0 spiro atoms. The molecule has 0 radical (unpaired) electrons. The zero-order chi connectivity index (χ0) is 18.2. The average molecular weight is 374 g/mol. The van der Waals surface area contributed by atoms with Crippen LogP contribution in [0.2, 0.25) is 0 Å². The minimum atomic E-state index is -0.720. The van der Waals surface area contributed by atoms with Crippen molar-refractivity contribution in [3.63, 3.8) is 0 Å². The van der Waals surface area contributed by atoms with E-state index >= 15 is 0 Å². The molecule has 0 amide bonds. The average Bonchev–Trinajstić information content (AvgIpc) is 2.61. The van der Waals surface area contributed by atoms with Crippen molar-refractivity contribution in [3.8, 4) is 11.5 Å². The van der Waals surface area contributed by atoms with Gasteiger partial charge in [0.25, 0.3) is 0 Å². The molecule has 0 unspecified atom stereocenters. The Balaban J connectivity index is 1.26. The van der Waals surface area contributed by atoms with Gasteiger partial charge in [-0.15, -0.1) is 11.8 Å². The highest BCUT2D eigenvalue weighted by molar-refractivity contribution is 8.01. The Hall–Kier alpha value is -2.67. The lowest BCUT2D eigenvalue weighted by molar-refractivity contribution is 0.0906. The molecule has 2 aromatic carbocycles. The van der Waals surface area contributed by atoms with Crippen LogP contribution in [-0.2, 0) is 9.47 Å². The normalized spacial score (nSPS) is 18.3. The number of carbonyl (C=O) groups is 2. The molecule has 0 bridgehead atoms. The van der Waals surface area contributed by atoms with Crippen LogP contribution < -0.4 is 9.47 Å². The van der Waals surface area contributed by atoms with Crippen LogP contribution in [0.4, 0.5) is 9.59 Å². The van der Waals surface area contributed by atoms with E-state index in [1.54, 1.807) is 60.3 Å². The fourth-order valence-electron chi connectivity index (χ4n) is 2.32. The van der Waals surface area contributed by atoms with Gasteiger partial charge in [0.1, 0.15) is 24.7 Å². The molecule has 2 aromatic rings. The summed E-state index contributed by atoms with van der Waals surface area (Å²) in [4.78, 5) is 23.2. The molecule has 1 saturated heterocycles. The third kappa shape index (κ3) is 5.70. The molecule has 0 aliphatic carbocycles. The van der Waals surface area contributed by atoms with Crippen molar-refractivity contribution in [3.05, 3.63) is 60.7 Å². The molecule has 0 saturated carbocycles. The first-order chi connectivity index (χ1) is 12.7. The van der Waals surface area contributed by atoms with Crippen LogP contribution in [-0.4, -0.2) is 36.0 Å². The summed E-state index contributed by atoms with van der Waals surface area (Å²) >= 11 is 1.60. The lowest BCUT2D eigenvalue weighted by Gasteiger charge is -2.33. The molecule has 6 nitrogen and oxygen atoms in total. The fraction of sp³-hybridized carbons (Fsp3) is 0.263. The van der Waals surface area contributed by atoms with Crippen LogP contribution >= 0.6 is 11.8 Å². The standard InChI is InChI=1S/C19H18O6S/c20-18(24-14-7-3-1-4-8-14)22-12-16-11-17(26-16)13-23-19(21)25-15-9-5-2-6-10-15/h1-10,16-17H,11-13H2/t16-,17+. The van der Waals surface area contributed by atoms with E-state index in [9.17, 15) is 9.59 Å². The van der Waals surface area contributed by atoms with Crippen molar-refractivity contribution < 1.29 is 28.5 Å². The number of rotatable bonds is 6. The fourth-order valence-corrected chi connectivity index (χ4v) is 3.49. The molecule has 7 heteroatoms. The molecule has 1 aliphatic rings. The van der Waals surface area contributed by atoms with Gasteiger partial charge in [-0.25, -0.2) is 9.59 Å². The Morgan fingerprint density at radius 1 is 0.769 bits per heavy atom.